The molecule has 0 saturated carbocycles. The Labute approximate surface area is 183 Å². The third-order valence-corrected chi connectivity index (χ3v) is 5.61. The van der Waals surface area contributed by atoms with Crippen LogP contribution in [-0.4, -0.2) is 27.0 Å². The maximum absolute atomic E-state index is 12.7. The summed E-state index contributed by atoms with van der Waals surface area (Å²) < 4.78 is 1.59. The van der Waals surface area contributed by atoms with Crippen LogP contribution in [0.15, 0.2) is 70.6 Å². The minimum atomic E-state index is -0.430. The number of hydrogen-bond acceptors (Lipinski definition) is 3. The van der Waals surface area contributed by atoms with Crippen LogP contribution in [0.5, 0.6) is 0 Å². The number of aryl methyl sites for hydroxylation is 1. The van der Waals surface area contributed by atoms with Crippen LogP contribution < -0.4 is 16.2 Å². The van der Waals surface area contributed by atoms with Crippen molar-refractivity contribution in [3.8, 4) is 0 Å². The van der Waals surface area contributed by atoms with Gasteiger partial charge in [-0.05, 0) is 42.7 Å². The Bertz CT molecular complexity index is 1340. The maximum Gasteiger partial charge on any atom is 0.257 e. The van der Waals surface area contributed by atoms with E-state index in [-0.39, 0.29) is 5.56 Å². The number of hydrogen-bond donors (Lipinski definition) is 3. The highest BCUT2D eigenvalue weighted by atomic mass is 35.5. The normalized spacial score (nSPS) is 16.7. The lowest BCUT2D eigenvalue weighted by Crippen LogP contribution is -2.48. The number of fused-ring (bicyclic) bond motifs is 2. The first kappa shape index (κ1) is 19.4. The molecule has 7 nitrogen and oxygen atoms in total. The van der Waals surface area contributed by atoms with E-state index in [0.717, 1.165) is 17.5 Å². The lowest BCUT2D eigenvalue weighted by atomic mass is 10.1. The van der Waals surface area contributed by atoms with Gasteiger partial charge in [-0.15, -0.1) is 0 Å². The van der Waals surface area contributed by atoms with E-state index in [4.69, 9.17) is 16.6 Å². The average Bonchev–Trinajstić information content (AvgIpc) is 3.16. The zero-order chi connectivity index (χ0) is 21.4. The average molecular weight is 433 g/mol. The minimum Gasteiger partial charge on any atom is -0.361 e. The van der Waals surface area contributed by atoms with Crippen LogP contribution in [0.4, 0.5) is 5.95 Å². The Balaban J connectivity index is 1.44. The van der Waals surface area contributed by atoms with Gasteiger partial charge in [0.2, 0.25) is 5.95 Å². The third-order valence-electron chi connectivity index (χ3n) is 5.35. The highest BCUT2D eigenvalue weighted by Gasteiger charge is 2.26. The molecule has 1 aliphatic heterocycles. The van der Waals surface area contributed by atoms with Crippen molar-refractivity contribution in [2.75, 3.05) is 11.9 Å². The highest BCUT2D eigenvalue weighted by molar-refractivity contribution is 6.30. The van der Waals surface area contributed by atoms with E-state index in [1.165, 1.54) is 17.0 Å². The number of aromatic amines is 1. The van der Waals surface area contributed by atoms with Gasteiger partial charge in [-0.3, -0.25) is 19.7 Å². The van der Waals surface area contributed by atoms with Crippen molar-refractivity contribution in [2.24, 2.45) is 4.99 Å². The van der Waals surface area contributed by atoms with Crippen molar-refractivity contribution in [1.82, 2.24) is 19.9 Å². The Hall–Kier alpha value is -3.58. The molecule has 0 bridgehead atoms. The first-order valence-electron chi connectivity index (χ1n) is 10.1. The first-order chi connectivity index (χ1) is 15.1. The van der Waals surface area contributed by atoms with Gasteiger partial charge in [0.25, 0.3) is 5.56 Å². The van der Waals surface area contributed by atoms with Crippen LogP contribution in [0.2, 0.25) is 5.02 Å². The second-order valence-corrected chi connectivity index (χ2v) is 7.93. The number of benzene rings is 2. The Morgan fingerprint density at radius 2 is 1.97 bits per heavy atom. The van der Waals surface area contributed by atoms with Crippen molar-refractivity contribution in [2.45, 2.75) is 19.5 Å². The zero-order valence-corrected chi connectivity index (χ0v) is 17.6. The number of rotatable bonds is 4. The minimum absolute atomic E-state index is 0.139. The van der Waals surface area contributed by atoms with Crippen molar-refractivity contribution in [1.29, 1.82) is 0 Å². The summed E-state index contributed by atoms with van der Waals surface area (Å²) in [6.45, 7) is 2.39. The molecule has 2 aromatic carbocycles. The molecule has 2 aromatic heterocycles. The number of aromatic nitrogens is 3. The summed E-state index contributed by atoms with van der Waals surface area (Å²) in [5.74, 6) is 1.05. The lowest BCUT2D eigenvalue weighted by molar-refractivity contribution is 0.515. The molecule has 0 saturated heterocycles. The molecule has 8 heteroatoms. The van der Waals surface area contributed by atoms with Gasteiger partial charge < -0.3 is 10.3 Å². The predicted molar refractivity (Wildman–Crippen MR) is 124 cm³/mol. The molecule has 4 aromatic rings. The van der Waals surface area contributed by atoms with Crippen molar-refractivity contribution in [3.63, 3.8) is 0 Å². The van der Waals surface area contributed by atoms with Gasteiger partial charge in [0, 0.05) is 40.4 Å². The number of para-hydroxylation sites is 1. The van der Waals surface area contributed by atoms with E-state index in [2.05, 4.69) is 32.7 Å². The van der Waals surface area contributed by atoms with Gasteiger partial charge in [-0.2, -0.15) is 0 Å². The van der Waals surface area contributed by atoms with E-state index in [1.807, 2.05) is 30.5 Å². The summed E-state index contributed by atoms with van der Waals surface area (Å²) in [6, 6.07) is 17.2. The summed E-state index contributed by atoms with van der Waals surface area (Å²) in [7, 11) is 0. The lowest BCUT2D eigenvalue weighted by Gasteiger charge is -2.31. The quantitative estimate of drug-likeness (QED) is 0.457. The molecule has 1 atom stereocenters. The maximum atomic E-state index is 12.7. The molecule has 1 aliphatic rings. The van der Waals surface area contributed by atoms with E-state index < -0.39 is 6.17 Å². The number of anilines is 1. The number of guanidine groups is 1. The highest BCUT2D eigenvalue weighted by Crippen LogP contribution is 2.23. The van der Waals surface area contributed by atoms with Crippen LogP contribution in [0.1, 0.15) is 23.0 Å². The molecule has 0 unspecified atom stereocenters. The van der Waals surface area contributed by atoms with Gasteiger partial charge in [0.1, 0.15) is 6.17 Å². The Morgan fingerprint density at radius 1 is 1.16 bits per heavy atom. The summed E-state index contributed by atoms with van der Waals surface area (Å²) in [6.07, 6.45) is 2.39. The van der Waals surface area contributed by atoms with E-state index >= 15 is 0 Å². The van der Waals surface area contributed by atoms with Crippen molar-refractivity contribution in [3.05, 3.63) is 93.0 Å². The largest absolute Gasteiger partial charge is 0.361 e. The third kappa shape index (κ3) is 3.80. The second-order valence-electron chi connectivity index (χ2n) is 7.49. The summed E-state index contributed by atoms with van der Waals surface area (Å²) in [5, 5.41) is 8.35. The number of H-pyrrole nitrogens is 1. The van der Waals surface area contributed by atoms with Crippen LogP contribution >= 0.6 is 11.6 Å². The SMILES string of the molecule is Cc1cc(=O)n2c(n1)NC(=NCCc1c[nH]c3ccccc13)N[C@@H]2c1ccc(Cl)cc1. The van der Waals surface area contributed by atoms with Gasteiger partial charge in [0.05, 0.1) is 0 Å². The molecule has 0 fully saturated rings. The van der Waals surface area contributed by atoms with Crippen LogP contribution in [0, 0.1) is 6.92 Å². The molecule has 0 amide bonds. The Kier molecular flexibility index (Phi) is 4.95. The van der Waals surface area contributed by atoms with Crippen molar-refractivity contribution < 1.29 is 0 Å². The fourth-order valence-electron chi connectivity index (χ4n) is 3.87. The van der Waals surface area contributed by atoms with Gasteiger partial charge in [-0.1, -0.05) is 41.9 Å². The first-order valence-corrected chi connectivity index (χ1v) is 10.4. The molecule has 3 N–H and O–H groups in total. The topological polar surface area (TPSA) is 87.1 Å². The zero-order valence-electron chi connectivity index (χ0n) is 16.9. The Morgan fingerprint density at radius 3 is 2.81 bits per heavy atom. The molecule has 3 heterocycles. The van der Waals surface area contributed by atoms with Gasteiger partial charge in [-0.25, -0.2) is 4.98 Å². The molecular weight excluding hydrogens is 412 g/mol. The molecular formula is C23H21ClN6O. The van der Waals surface area contributed by atoms with E-state index in [1.54, 1.807) is 23.6 Å². The molecule has 31 heavy (non-hydrogen) atoms. The summed E-state index contributed by atoms with van der Waals surface area (Å²) in [5.41, 5.74) is 3.74. The second kappa shape index (κ2) is 7.92. The van der Waals surface area contributed by atoms with E-state index in [0.29, 0.717) is 29.2 Å². The standard InChI is InChI=1S/C23H21ClN6O/c1-14-12-20(31)30-21(15-6-8-17(24)9-7-15)28-22(29-23(30)27-14)25-11-10-16-13-26-19-5-3-2-4-18(16)19/h2-9,12-13,21,26H,10-11H2,1H3,(H2,25,27,28,29)/t21-/m0/s1. The van der Waals surface area contributed by atoms with Crippen LogP contribution in [0.25, 0.3) is 10.9 Å². The summed E-state index contributed by atoms with van der Waals surface area (Å²) in [4.78, 5) is 25.2. The van der Waals surface area contributed by atoms with Crippen molar-refractivity contribution >= 4 is 34.4 Å². The van der Waals surface area contributed by atoms with Crippen LogP contribution in [-0.2, 0) is 6.42 Å². The molecule has 0 spiro atoms. The van der Waals surface area contributed by atoms with Gasteiger partial charge in [0.15, 0.2) is 5.96 Å². The van der Waals surface area contributed by atoms with Gasteiger partial charge >= 0.3 is 0 Å². The number of nitrogens with zero attached hydrogens (tertiary/aromatic N) is 3. The number of halogens is 1. The predicted octanol–water partition coefficient (Wildman–Crippen LogP) is 3.85. The monoisotopic (exact) mass is 432 g/mol. The fraction of sp³-hybridized carbons (Fsp3) is 0.174. The summed E-state index contributed by atoms with van der Waals surface area (Å²) >= 11 is 6.05. The fourth-order valence-corrected chi connectivity index (χ4v) is 3.99. The molecule has 5 rings (SSSR count). The smallest absolute Gasteiger partial charge is 0.257 e. The molecule has 156 valence electrons. The number of aliphatic imine (C=N–C) groups is 1. The van der Waals surface area contributed by atoms with Crippen LogP contribution in [0.3, 0.4) is 0 Å². The molecule has 0 aliphatic carbocycles. The van der Waals surface area contributed by atoms with E-state index in [9.17, 15) is 4.79 Å². The number of nitrogens with one attached hydrogen (secondary N) is 3. The molecule has 0 radical (unpaired) electrons.